The maximum absolute atomic E-state index is 13.2. The molecule has 0 unspecified atom stereocenters. The van der Waals surface area contributed by atoms with Gasteiger partial charge in [0, 0.05) is 0 Å². The predicted octanol–water partition coefficient (Wildman–Crippen LogP) is 4.49. The van der Waals surface area contributed by atoms with Crippen molar-refractivity contribution in [1.82, 2.24) is 0 Å². The van der Waals surface area contributed by atoms with Gasteiger partial charge in [-0.1, -0.05) is 36.4 Å². The van der Waals surface area contributed by atoms with Gasteiger partial charge in [0.05, 0.1) is 17.8 Å². The van der Waals surface area contributed by atoms with E-state index in [9.17, 15) is 14.0 Å². The molecule has 0 bridgehead atoms. The molecule has 0 saturated heterocycles. The maximum Gasteiger partial charge on any atom is 0.335 e. The summed E-state index contributed by atoms with van der Waals surface area (Å²) in [5, 5.41) is 9.02. The minimum atomic E-state index is -1.02. The molecule has 1 aliphatic rings. The second-order valence-electron chi connectivity index (χ2n) is 6.52. The van der Waals surface area contributed by atoms with Crippen molar-refractivity contribution in [2.45, 2.75) is 6.54 Å². The lowest BCUT2D eigenvalue weighted by atomic mass is 10.1. The highest BCUT2D eigenvalue weighted by Crippen LogP contribution is 2.36. The zero-order valence-electron chi connectivity index (χ0n) is 15.2. The first-order valence-corrected chi connectivity index (χ1v) is 8.89. The van der Waals surface area contributed by atoms with Crippen LogP contribution in [0.1, 0.15) is 21.5 Å². The molecule has 0 saturated carbocycles. The van der Waals surface area contributed by atoms with Crippen LogP contribution >= 0.6 is 0 Å². The summed E-state index contributed by atoms with van der Waals surface area (Å²) in [6, 6.07) is 19.3. The largest absolute Gasteiger partial charge is 0.478 e. The third-order valence-corrected chi connectivity index (χ3v) is 4.54. The van der Waals surface area contributed by atoms with Crippen molar-refractivity contribution in [3.63, 3.8) is 0 Å². The maximum atomic E-state index is 13.2. The Kier molecular flexibility index (Phi) is 4.83. The van der Waals surface area contributed by atoms with Crippen LogP contribution in [0.2, 0.25) is 0 Å². The van der Waals surface area contributed by atoms with Gasteiger partial charge in [-0.25, -0.2) is 9.18 Å². The predicted molar refractivity (Wildman–Crippen MR) is 106 cm³/mol. The van der Waals surface area contributed by atoms with Gasteiger partial charge in [-0.15, -0.1) is 0 Å². The average molecular weight is 389 g/mol. The number of aromatic carboxylic acids is 1. The highest BCUT2D eigenvalue weighted by Gasteiger charge is 2.30. The van der Waals surface area contributed by atoms with Gasteiger partial charge >= 0.3 is 5.97 Å². The Hall–Kier alpha value is -3.93. The number of halogens is 1. The molecule has 0 aromatic heterocycles. The fourth-order valence-corrected chi connectivity index (χ4v) is 3.06. The lowest BCUT2D eigenvalue weighted by Gasteiger charge is -2.30. The summed E-state index contributed by atoms with van der Waals surface area (Å²) in [5.41, 5.74) is 2.20. The molecule has 0 atom stereocenters. The molecular formula is C23H16FNO4. The highest BCUT2D eigenvalue weighted by molar-refractivity contribution is 6.09. The van der Waals surface area contributed by atoms with Gasteiger partial charge in [-0.2, -0.15) is 0 Å². The topological polar surface area (TPSA) is 66.8 Å². The van der Waals surface area contributed by atoms with E-state index in [0.717, 1.165) is 5.56 Å². The van der Waals surface area contributed by atoms with Gasteiger partial charge in [0.25, 0.3) is 5.91 Å². The zero-order valence-corrected chi connectivity index (χ0v) is 15.2. The van der Waals surface area contributed by atoms with Crippen LogP contribution in [0.3, 0.4) is 0 Å². The molecule has 0 spiro atoms. The first-order chi connectivity index (χ1) is 14.0. The van der Waals surface area contributed by atoms with Crippen molar-refractivity contribution in [3.8, 4) is 5.75 Å². The SMILES string of the molecule is O=C(O)c1ccc(/C=C2/Oc3ccccc3N(Cc3ccc(F)cc3)C2=O)cc1. The summed E-state index contributed by atoms with van der Waals surface area (Å²) in [5.74, 6) is -1.05. The van der Waals surface area contributed by atoms with Crippen LogP contribution in [0.4, 0.5) is 10.1 Å². The number of para-hydroxylation sites is 2. The van der Waals surface area contributed by atoms with Gasteiger partial charge in [0.1, 0.15) is 5.82 Å². The first kappa shape index (κ1) is 18.4. The summed E-state index contributed by atoms with van der Waals surface area (Å²) in [6.07, 6.45) is 1.57. The molecule has 1 heterocycles. The Bertz CT molecular complexity index is 1100. The van der Waals surface area contributed by atoms with E-state index >= 15 is 0 Å². The van der Waals surface area contributed by atoms with E-state index in [1.807, 2.05) is 12.1 Å². The van der Waals surface area contributed by atoms with Gasteiger partial charge in [-0.3, -0.25) is 9.69 Å². The van der Waals surface area contributed by atoms with Crippen LogP contribution in [0, 0.1) is 5.82 Å². The molecule has 6 heteroatoms. The smallest absolute Gasteiger partial charge is 0.335 e. The van der Waals surface area contributed by atoms with Crippen molar-refractivity contribution < 1.29 is 23.8 Å². The summed E-state index contributed by atoms with van der Waals surface area (Å²) >= 11 is 0. The molecule has 3 aromatic carbocycles. The van der Waals surface area contributed by atoms with Crippen molar-refractivity contribution >= 4 is 23.6 Å². The van der Waals surface area contributed by atoms with Gasteiger partial charge in [0.2, 0.25) is 0 Å². The Balaban J connectivity index is 1.69. The number of fused-ring (bicyclic) bond motifs is 1. The number of carboxylic acids is 1. The van der Waals surface area contributed by atoms with Crippen molar-refractivity contribution in [2.75, 3.05) is 4.90 Å². The summed E-state index contributed by atoms with van der Waals surface area (Å²) in [6.45, 7) is 0.259. The van der Waals surface area contributed by atoms with Crippen molar-refractivity contribution in [1.29, 1.82) is 0 Å². The van der Waals surface area contributed by atoms with Crippen molar-refractivity contribution in [2.24, 2.45) is 0 Å². The van der Waals surface area contributed by atoms with Crippen LogP contribution in [-0.4, -0.2) is 17.0 Å². The monoisotopic (exact) mass is 389 g/mol. The van der Waals surface area contributed by atoms with E-state index in [1.54, 1.807) is 47.4 Å². The Morgan fingerprint density at radius 1 is 1.00 bits per heavy atom. The van der Waals surface area contributed by atoms with E-state index < -0.39 is 5.97 Å². The Labute approximate surface area is 166 Å². The molecular weight excluding hydrogens is 373 g/mol. The van der Waals surface area contributed by atoms with E-state index in [2.05, 4.69) is 0 Å². The molecule has 0 radical (unpaired) electrons. The fourth-order valence-electron chi connectivity index (χ4n) is 3.06. The summed E-state index contributed by atoms with van der Waals surface area (Å²) in [4.78, 5) is 25.7. The highest BCUT2D eigenvalue weighted by atomic mass is 19.1. The second kappa shape index (κ2) is 7.59. The fraction of sp³-hybridized carbons (Fsp3) is 0.0435. The lowest BCUT2D eigenvalue weighted by Crippen LogP contribution is -2.36. The number of nitrogens with zero attached hydrogens (tertiary/aromatic N) is 1. The van der Waals surface area contributed by atoms with Gasteiger partial charge < -0.3 is 9.84 Å². The lowest BCUT2D eigenvalue weighted by molar-refractivity contribution is -0.117. The molecule has 1 amide bonds. The third-order valence-electron chi connectivity index (χ3n) is 4.54. The molecule has 0 fully saturated rings. The normalized spacial score (nSPS) is 14.4. The molecule has 1 N–H and O–H groups in total. The number of amides is 1. The van der Waals surface area contributed by atoms with Crippen LogP contribution < -0.4 is 9.64 Å². The number of carboxylic acid groups (broad SMARTS) is 1. The average Bonchev–Trinajstić information content (AvgIpc) is 2.73. The minimum Gasteiger partial charge on any atom is -0.478 e. The number of anilines is 1. The molecule has 5 nitrogen and oxygen atoms in total. The minimum absolute atomic E-state index is 0.119. The van der Waals surface area contributed by atoms with E-state index in [1.165, 1.54) is 24.3 Å². The zero-order chi connectivity index (χ0) is 20.4. The van der Waals surface area contributed by atoms with E-state index in [-0.39, 0.29) is 29.6 Å². The number of carbonyl (C=O) groups excluding carboxylic acids is 1. The molecule has 0 aliphatic carbocycles. The molecule has 1 aliphatic heterocycles. The van der Waals surface area contributed by atoms with Crippen LogP contribution in [0.5, 0.6) is 5.75 Å². The van der Waals surface area contributed by atoms with Gasteiger partial charge in [0.15, 0.2) is 11.5 Å². The molecule has 144 valence electrons. The van der Waals surface area contributed by atoms with Crippen molar-refractivity contribution in [3.05, 3.63) is 101 Å². The standard InChI is InChI=1S/C23H16FNO4/c24-18-11-7-16(8-12-18)14-25-19-3-1-2-4-20(19)29-21(22(25)26)13-15-5-9-17(10-6-15)23(27)28/h1-13H,14H2,(H,27,28)/b21-13+. The van der Waals surface area contributed by atoms with Crippen LogP contribution in [0.25, 0.3) is 6.08 Å². The summed E-state index contributed by atoms with van der Waals surface area (Å²) < 4.78 is 19.0. The second-order valence-corrected chi connectivity index (χ2v) is 6.52. The summed E-state index contributed by atoms with van der Waals surface area (Å²) in [7, 11) is 0. The number of ether oxygens (including phenoxy) is 1. The molecule has 29 heavy (non-hydrogen) atoms. The van der Waals surface area contributed by atoms with Crippen LogP contribution in [-0.2, 0) is 11.3 Å². The number of hydrogen-bond acceptors (Lipinski definition) is 3. The Morgan fingerprint density at radius 2 is 1.69 bits per heavy atom. The van der Waals surface area contributed by atoms with E-state index in [0.29, 0.717) is 17.0 Å². The van der Waals surface area contributed by atoms with Gasteiger partial charge in [-0.05, 0) is 53.6 Å². The first-order valence-electron chi connectivity index (χ1n) is 8.89. The van der Waals surface area contributed by atoms with Crippen LogP contribution in [0.15, 0.2) is 78.6 Å². The number of hydrogen-bond donors (Lipinski definition) is 1. The third kappa shape index (κ3) is 3.87. The Morgan fingerprint density at radius 3 is 2.38 bits per heavy atom. The number of carbonyl (C=O) groups is 2. The number of benzene rings is 3. The molecule has 3 aromatic rings. The number of rotatable bonds is 4. The quantitative estimate of drug-likeness (QED) is 0.668. The molecule has 4 rings (SSSR count). The van der Waals surface area contributed by atoms with E-state index in [4.69, 9.17) is 9.84 Å².